The van der Waals surface area contributed by atoms with Crippen LogP contribution in [0.1, 0.15) is 47.2 Å². The Balaban J connectivity index is 1.69. The van der Waals surface area contributed by atoms with Gasteiger partial charge in [0.1, 0.15) is 11.5 Å². The maximum Gasteiger partial charge on any atom is 0.251 e. The van der Waals surface area contributed by atoms with Crippen molar-refractivity contribution in [1.82, 2.24) is 10.2 Å². The largest absolute Gasteiger partial charge is 0.465 e. The Hall–Kier alpha value is -1.59. The summed E-state index contributed by atoms with van der Waals surface area (Å²) < 4.78 is 6.82. The molecule has 24 heavy (non-hydrogen) atoms. The molecule has 1 aliphatic rings. The van der Waals surface area contributed by atoms with Gasteiger partial charge in [-0.15, -0.1) is 0 Å². The topological polar surface area (TPSA) is 45.5 Å². The van der Waals surface area contributed by atoms with Crippen LogP contribution in [-0.2, 0) is 0 Å². The Bertz CT molecular complexity index is 675. The first-order valence-corrected chi connectivity index (χ1v) is 9.27. The Morgan fingerprint density at radius 3 is 2.50 bits per heavy atom. The van der Waals surface area contributed by atoms with Crippen molar-refractivity contribution in [1.29, 1.82) is 0 Å². The predicted molar refractivity (Wildman–Crippen MR) is 98.1 cm³/mol. The molecule has 0 bridgehead atoms. The zero-order chi connectivity index (χ0) is 16.9. The summed E-state index contributed by atoms with van der Waals surface area (Å²) >= 11 is 3.39. The Kier molecular flexibility index (Phi) is 5.74. The zero-order valence-corrected chi connectivity index (χ0v) is 15.5. The van der Waals surface area contributed by atoms with Gasteiger partial charge in [0.2, 0.25) is 0 Å². The van der Waals surface area contributed by atoms with Crippen LogP contribution in [0.2, 0.25) is 0 Å². The number of piperidine rings is 1. The summed E-state index contributed by atoms with van der Waals surface area (Å²) in [5, 5.41) is 3.07. The second-order valence-corrected chi connectivity index (χ2v) is 7.19. The lowest BCUT2D eigenvalue weighted by molar-refractivity contribution is 0.0913. The third-order valence-electron chi connectivity index (χ3n) is 4.48. The average Bonchev–Trinajstić information content (AvgIpc) is 3.02. The molecule has 0 saturated carbocycles. The van der Waals surface area contributed by atoms with Crippen LogP contribution >= 0.6 is 15.9 Å². The molecule has 0 spiro atoms. The van der Waals surface area contributed by atoms with Gasteiger partial charge in [0.15, 0.2) is 0 Å². The van der Waals surface area contributed by atoms with Crippen LogP contribution in [0.4, 0.5) is 0 Å². The molecule has 1 fully saturated rings. The van der Waals surface area contributed by atoms with Crippen LogP contribution in [0.25, 0.3) is 0 Å². The van der Waals surface area contributed by atoms with E-state index in [4.69, 9.17) is 4.42 Å². The third-order valence-corrected chi connectivity index (χ3v) is 5.01. The number of rotatable bonds is 5. The fourth-order valence-corrected chi connectivity index (χ4v) is 3.43. The van der Waals surface area contributed by atoms with E-state index in [0.29, 0.717) is 12.1 Å². The van der Waals surface area contributed by atoms with Crippen molar-refractivity contribution in [2.75, 3.05) is 19.6 Å². The molecule has 1 amide bonds. The molecule has 1 aliphatic heterocycles. The van der Waals surface area contributed by atoms with E-state index in [1.54, 1.807) is 0 Å². The number of likely N-dealkylation sites (tertiary alicyclic amines) is 1. The van der Waals surface area contributed by atoms with Gasteiger partial charge < -0.3 is 9.73 Å². The monoisotopic (exact) mass is 390 g/mol. The van der Waals surface area contributed by atoms with Gasteiger partial charge in [-0.25, -0.2) is 0 Å². The van der Waals surface area contributed by atoms with Crippen LogP contribution < -0.4 is 5.32 Å². The summed E-state index contributed by atoms with van der Waals surface area (Å²) in [4.78, 5) is 14.8. The van der Waals surface area contributed by atoms with Crippen molar-refractivity contribution in [3.05, 3.63) is 58.0 Å². The number of benzene rings is 1. The first kappa shape index (κ1) is 17.2. The molecule has 2 aromatic rings. The minimum atomic E-state index is -0.0483. The van der Waals surface area contributed by atoms with E-state index in [-0.39, 0.29) is 11.9 Å². The number of carbonyl (C=O) groups excluding carboxylic acids is 1. The summed E-state index contributed by atoms with van der Waals surface area (Å²) in [6.07, 6.45) is 3.69. The lowest BCUT2D eigenvalue weighted by atomic mass is 10.1. The highest BCUT2D eigenvalue weighted by atomic mass is 79.9. The Morgan fingerprint density at radius 2 is 1.88 bits per heavy atom. The fraction of sp³-hybridized carbons (Fsp3) is 0.421. The maximum atomic E-state index is 12.4. The molecular formula is C19H23BrN2O2. The highest BCUT2D eigenvalue weighted by Gasteiger charge is 2.25. The van der Waals surface area contributed by atoms with Gasteiger partial charge in [-0.1, -0.05) is 22.4 Å². The number of nitrogens with zero attached hydrogens (tertiary/aromatic N) is 1. The van der Waals surface area contributed by atoms with Gasteiger partial charge >= 0.3 is 0 Å². The first-order valence-electron chi connectivity index (χ1n) is 8.47. The molecule has 3 rings (SSSR count). The van der Waals surface area contributed by atoms with Crippen LogP contribution in [0.3, 0.4) is 0 Å². The van der Waals surface area contributed by atoms with E-state index >= 15 is 0 Å². The van der Waals surface area contributed by atoms with Crippen LogP contribution in [0, 0.1) is 6.92 Å². The molecule has 2 heterocycles. The fourth-order valence-electron chi connectivity index (χ4n) is 3.16. The average molecular weight is 391 g/mol. The Labute approximate surface area is 151 Å². The quantitative estimate of drug-likeness (QED) is 0.826. The zero-order valence-electron chi connectivity index (χ0n) is 13.9. The van der Waals surface area contributed by atoms with Gasteiger partial charge in [-0.2, -0.15) is 0 Å². The van der Waals surface area contributed by atoms with Crippen LogP contribution in [-0.4, -0.2) is 30.4 Å². The Morgan fingerprint density at radius 1 is 1.17 bits per heavy atom. The minimum absolute atomic E-state index is 0.0483. The minimum Gasteiger partial charge on any atom is -0.465 e. The molecule has 128 valence electrons. The van der Waals surface area contributed by atoms with Crippen molar-refractivity contribution in [3.63, 3.8) is 0 Å². The molecule has 4 nitrogen and oxygen atoms in total. The van der Waals surface area contributed by atoms with Gasteiger partial charge in [0, 0.05) is 16.6 Å². The molecular weight excluding hydrogens is 368 g/mol. The molecule has 1 atom stereocenters. The van der Waals surface area contributed by atoms with Crippen molar-refractivity contribution >= 4 is 21.8 Å². The number of halogens is 1. The smallest absolute Gasteiger partial charge is 0.251 e. The maximum absolute atomic E-state index is 12.4. The van der Waals surface area contributed by atoms with E-state index in [1.165, 1.54) is 19.3 Å². The normalized spacial score (nSPS) is 16.8. The molecule has 1 N–H and O–H groups in total. The molecule has 1 aromatic carbocycles. The van der Waals surface area contributed by atoms with Crippen molar-refractivity contribution in [3.8, 4) is 0 Å². The summed E-state index contributed by atoms with van der Waals surface area (Å²) in [6.45, 7) is 4.62. The van der Waals surface area contributed by atoms with Gasteiger partial charge in [0.05, 0.1) is 6.04 Å². The first-order chi connectivity index (χ1) is 11.6. The second kappa shape index (κ2) is 7.99. The van der Waals surface area contributed by atoms with E-state index < -0.39 is 0 Å². The molecule has 0 radical (unpaired) electrons. The van der Waals surface area contributed by atoms with Gasteiger partial charge in [0.25, 0.3) is 5.91 Å². The second-order valence-electron chi connectivity index (χ2n) is 6.28. The van der Waals surface area contributed by atoms with Crippen LogP contribution in [0.5, 0.6) is 0 Å². The van der Waals surface area contributed by atoms with Crippen molar-refractivity contribution < 1.29 is 9.21 Å². The SMILES string of the molecule is Cc1ccc([C@H](CNC(=O)c2ccc(Br)cc2)N2CCCCC2)o1. The standard InChI is InChI=1S/C19H23BrN2O2/c1-14-5-10-18(24-14)17(22-11-3-2-4-12-22)13-21-19(23)15-6-8-16(20)9-7-15/h5-10,17H,2-4,11-13H2,1H3,(H,21,23)/t17-/m0/s1. The van der Waals surface area contributed by atoms with Gasteiger partial charge in [-0.3, -0.25) is 9.69 Å². The number of nitrogens with one attached hydrogen (secondary N) is 1. The molecule has 1 saturated heterocycles. The van der Waals surface area contributed by atoms with E-state index in [1.807, 2.05) is 43.3 Å². The predicted octanol–water partition coefficient (Wildman–Crippen LogP) is 4.31. The van der Waals surface area contributed by atoms with Crippen molar-refractivity contribution in [2.24, 2.45) is 0 Å². The highest BCUT2D eigenvalue weighted by Crippen LogP contribution is 2.25. The lowest BCUT2D eigenvalue weighted by Gasteiger charge is -2.33. The number of hydrogen-bond acceptors (Lipinski definition) is 3. The number of amides is 1. The lowest BCUT2D eigenvalue weighted by Crippen LogP contribution is -2.40. The summed E-state index contributed by atoms with van der Waals surface area (Å²) in [5.74, 6) is 1.80. The molecule has 5 heteroatoms. The molecule has 1 aromatic heterocycles. The van der Waals surface area contributed by atoms with Crippen LogP contribution in [0.15, 0.2) is 45.3 Å². The third kappa shape index (κ3) is 4.28. The van der Waals surface area contributed by atoms with E-state index in [9.17, 15) is 4.79 Å². The summed E-state index contributed by atoms with van der Waals surface area (Å²) in [7, 11) is 0. The number of aryl methyl sites for hydroxylation is 1. The summed E-state index contributed by atoms with van der Waals surface area (Å²) in [5.41, 5.74) is 0.672. The van der Waals surface area contributed by atoms with Gasteiger partial charge in [-0.05, 0) is 69.3 Å². The molecule has 0 unspecified atom stereocenters. The summed E-state index contributed by atoms with van der Waals surface area (Å²) in [6, 6.07) is 11.5. The molecule has 0 aliphatic carbocycles. The number of hydrogen-bond donors (Lipinski definition) is 1. The van der Waals surface area contributed by atoms with E-state index in [0.717, 1.165) is 29.1 Å². The van der Waals surface area contributed by atoms with Crippen molar-refractivity contribution in [2.45, 2.75) is 32.2 Å². The number of carbonyl (C=O) groups is 1. The van der Waals surface area contributed by atoms with E-state index in [2.05, 4.69) is 26.1 Å². The number of furan rings is 1. The highest BCUT2D eigenvalue weighted by molar-refractivity contribution is 9.10.